The molecule has 0 radical (unpaired) electrons. The van der Waals surface area contributed by atoms with Gasteiger partial charge < -0.3 is 15.1 Å². The van der Waals surface area contributed by atoms with Crippen molar-refractivity contribution in [3.05, 3.63) is 12.4 Å². The average molecular weight is 331 g/mol. The van der Waals surface area contributed by atoms with Gasteiger partial charge in [0.25, 0.3) is 0 Å². The number of anilines is 2. The van der Waals surface area contributed by atoms with Crippen LogP contribution >= 0.6 is 0 Å². The Morgan fingerprint density at radius 2 is 2.08 bits per heavy atom. The van der Waals surface area contributed by atoms with Crippen LogP contribution in [0.15, 0.2) is 12.4 Å². The molecule has 0 bridgehead atoms. The van der Waals surface area contributed by atoms with Gasteiger partial charge in [-0.25, -0.2) is 9.97 Å². The van der Waals surface area contributed by atoms with E-state index in [1.807, 2.05) is 18.0 Å². The first-order valence-electron chi connectivity index (χ1n) is 9.02. The van der Waals surface area contributed by atoms with Gasteiger partial charge in [-0.3, -0.25) is 4.79 Å². The Morgan fingerprint density at radius 3 is 2.71 bits per heavy atom. The van der Waals surface area contributed by atoms with E-state index in [4.69, 9.17) is 0 Å². The summed E-state index contributed by atoms with van der Waals surface area (Å²) >= 11 is 0. The minimum absolute atomic E-state index is 0.139. The SMILES string of the molecule is CC(C)CC1(CNc2cc(N3CCN(C)C(=O)C3)ncn2)CCC1. The molecule has 3 rings (SSSR count). The van der Waals surface area contributed by atoms with Crippen molar-refractivity contribution in [3.63, 3.8) is 0 Å². The fourth-order valence-corrected chi connectivity index (χ4v) is 3.84. The van der Waals surface area contributed by atoms with Crippen LogP contribution in [0.25, 0.3) is 0 Å². The number of likely N-dealkylation sites (N-methyl/N-ethyl adjacent to an activating group) is 1. The predicted molar refractivity (Wildman–Crippen MR) is 96.1 cm³/mol. The van der Waals surface area contributed by atoms with Crippen molar-refractivity contribution in [2.24, 2.45) is 11.3 Å². The van der Waals surface area contributed by atoms with Gasteiger partial charge in [0, 0.05) is 32.7 Å². The van der Waals surface area contributed by atoms with E-state index in [2.05, 4.69) is 29.1 Å². The van der Waals surface area contributed by atoms with Crippen molar-refractivity contribution < 1.29 is 4.79 Å². The second kappa shape index (κ2) is 6.95. The number of rotatable bonds is 6. The Balaban J connectivity index is 1.62. The summed E-state index contributed by atoms with van der Waals surface area (Å²) in [6.07, 6.45) is 6.82. The highest BCUT2D eigenvalue weighted by Crippen LogP contribution is 2.45. The highest BCUT2D eigenvalue weighted by Gasteiger charge is 2.37. The molecule has 0 aromatic carbocycles. The smallest absolute Gasteiger partial charge is 0.241 e. The summed E-state index contributed by atoms with van der Waals surface area (Å²) in [6, 6.07) is 1.97. The lowest BCUT2D eigenvalue weighted by Crippen LogP contribution is -2.48. The van der Waals surface area contributed by atoms with Crippen molar-refractivity contribution in [2.75, 3.05) is 43.4 Å². The largest absolute Gasteiger partial charge is 0.369 e. The zero-order chi connectivity index (χ0) is 17.2. The van der Waals surface area contributed by atoms with E-state index in [0.29, 0.717) is 12.0 Å². The summed E-state index contributed by atoms with van der Waals surface area (Å²) in [6.45, 7) is 7.52. The van der Waals surface area contributed by atoms with E-state index in [0.717, 1.165) is 37.2 Å². The molecule has 1 aliphatic carbocycles. The molecule has 0 unspecified atom stereocenters. The summed E-state index contributed by atoms with van der Waals surface area (Å²) in [5.41, 5.74) is 0.434. The van der Waals surface area contributed by atoms with Gasteiger partial charge >= 0.3 is 0 Å². The molecule has 132 valence electrons. The normalized spacial score (nSPS) is 20.2. The lowest BCUT2D eigenvalue weighted by Gasteiger charge is -2.43. The zero-order valence-corrected chi connectivity index (χ0v) is 15.1. The van der Waals surface area contributed by atoms with E-state index in [9.17, 15) is 4.79 Å². The van der Waals surface area contributed by atoms with Gasteiger partial charge in [-0.1, -0.05) is 20.3 Å². The van der Waals surface area contributed by atoms with Crippen LogP contribution in [0.2, 0.25) is 0 Å². The molecule has 1 N–H and O–H groups in total. The Kier molecular flexibility index (Phi) is 4.92. The lowest BCUT2D eigenvalue weighted by molar-refractivity contribution is -0.129. The maximum atomic E-state index is 11.9. The van der Waals surface area contributed by atoms with Crippen LogP contribution in [-0.4, -0.2) is 54.0 Å². The van der Waals surface area contributed by atoms with Gasteiger partial charge in [-0.2, -0.15) is 0 Å². The van der Waals surface area contributed by atoms with E-state index < -0.39 is 0 Å². The lowest BCUT2D eigenvalue weighted by atomic mass is 9.64. The van der Waals surface area contributed by atoms with Crippen LogP contribution in [0.1, 0.15) is 39.5 Å². The van der Waals surface area contributed by atoms with Crippen LogP contribution in [0, 0.1) is 11.3 Å². The van der Waals surface area contributed by atoms with Gasteiger partial charge in [0.05, 0.1) is 6.54 Å². The van der Waals surface area contributed by atoms with E-state index in [1.165, 1.54) is 25.7 Å². The second-order valence-corrected chi connectivity index (χ2v) is 7.80. The van der Waals surface area contributed by atoms with Gasteiger partial charge in [0.1, 0.15) is 18.0 Å². The Labute approximate surface area is 144 Å². The first-order chi connectivity index (χ1) is 11.5. The molecule has 1 amide bonds. The summed E-state index contributed by atoms with van der Waals surface area (Å²) in [4.78, 5) is 24.4. The molecule has 2 fully saturated rings. The number of nitrogens with zero attached hydrogens (tertiary/aromatic N) is 4. The van der Waals surface area contributed by atoms with Crippen molar-refractivity contribution in [1.29, 1.82) is 0 Å². The van der Waals surface area contributed by atoms with Crippen molar-refractivity contribution in [3.8, 4) is 0 Å². The first-order valence-corrected chi connectivity index (χ1v) is 9.02. The summed E-state index contributed by atoms with van der Waals surface area (Å²) in [5, 5.41) is 3.52. The predicted octanol–water partition coefficient (Wildman–Crippen LogP) is 2.38. The molecule has 1 aliphatic heterocycles. The fraction of sp³-hybridized carbons (Fsp3) is 0.722. The average Bonchev–Trinajstić information content (AvgIpc) is 2.52. The third-order valence-electron chi connectivity index (χ3n) is 5.33. The summed E-state index contributed by atoms with van der Waals surface area (Å²) in [5.74, 6) is 2.56. The van der Waals surface area contributed by atoms with Crippen LogP contribution in [0.3, 0.4) is 0 Å². The summed E-state index contributed by atoms with van der Waals surface area (Å²) < 4.78 is 0. The van der Waals surface area contributed by atoms with Crippen LogP contribution < -0.4 is 10.2 Å². The third-order valence-corrected chi connectivity index (χ3v) is 5.33. The van der Waals surface area contributed by atoms with E-state index >= 15 is 0 Å². The van der Waals surface area contributed by atoms with Gasteiger partial charge in [-0.15, -0.1) is 0 Å². The second-order valence-electron chi connectivity index (χ2n) is 7.80. The summed E-state index contributed by atoms with van der Waals surface area (Å²) in [7, 11) is 1.85. The van der Waals surface area contributed by atoms with Gasteiger partial charge in [0.15, 0.2) is 0 Å². The van der Waals surface area contributed by atoms with Gasteiger partial charge in [0.2, 0.25) is 5.91 Å². The standard InChI is InChI=1S/C18H29N5O/c1-14(2)10-18(5-4-6-18)12-19-15-9-16(21-13-20-15)23-8-7-22(3)17(24)11-23/h9,13-14H,4-8,10-12H2,1-3H3,(H,19,20,21). The first kappa shape index (κ1) is 17.0. The molecule has 24 heavy (non-hydrogen) atoms. The van der Waals surface area contributed by atoms with Crippen molar-refractivity contribution in [2.45, 2.75) is 39.5 Å². The van der Waals surface area contributed by atoms with Gasteiger partial charge in [-0.05, 0) is 30.6 Å². The number of aromatic nitrogens is 2. The number of hydrogen-bond donors (Lipinski definition) is 1. The quantitative estimate of drug-likeness (QED) is 0.867. The molecule has 6 heteroatoms. The third kappa shape index (κ3) is 3.79. The molecule has 1 aromatic heterocycles. The topological polar surface area (TPSA) is 61.4 Å². The molecule has 0 spiro atoms. The number of amides is 1. The maximum absolute atomic E-state index is 11.9. The Morgan fingerprint density at radius 1 is 1.29 bits per heavy atom. The Hall–Kier alpha value is -1.85. The molecule has 1 saturated heterocycles. The van der Waals surface area contributed by atoms with Crippen LogP contribution in [0.5, 0.6) is 0 Å². The minimum atomic E-state index is 0.139. The van der Waals surface area contributed by atoms with Crippen molar-refractivity contribution in [1.82, 2.24) is 14.9 Å². The monoisotopic (exact) mass is 331 g/mol. The molecule has 1 saturated carbocycles. The minimum Gasteiger partial charge on any atom is -0.369 e. The molecule has 6 nitrogen and oxygen atoms in total. The molecule has 1 aromatic rings. The zero-order valence-electron chi connectivity index (χ0n) is 15.1. The highest BCUT2D eigenvalue weighted by molar-refractivity contribution is 5.82. The van der Waals surface area contributed by atoms with Crippen LogP contribution in [0.4, 0.5) is 11.6 Å². The molecular weight excluding hydrogens is 302 g/mol. The van der Waals surface area contributed by atoms with Crippen LogP contribution in [-0.2, 0) is 4.79 Å². The maximum Gasteiger partial charge on any atom is 0.241 e. The fourth-order valence-electron chi connectivity index (χ4n) is 3.84. The molecular formula is C18H29N5O. The number of carbonyl (C=O) groups is 1. The van der Waals surface area contributed by atoms with Crippen molar-refractivity contribution >= 4 is 17.5 Å². The van der Waals surface area contributed by atoms with E-state index in [-0.39, 0.29) is 5.91 Å². The number of hydrogen-bond acceptors (Lipinski definition) is 5. The molecule has 2 aliphatic rings. The molecule has 0 atom stereocenters. The highest BCUT2D eigenvalue weighted by atomic mass is 16.2. The Bertz CT molecular complexity index is 585. The number of nitrogens with one attached hydrogen (secondary N) is 1. The number of piperazine rings is 1. The number of carbonyl (C=O) groups excluding carboxylic acids is 1. The molecule has 2 heterocycles. The van der Waals surface area contributed by atoms with E-state index in [1.54, 1.807) is 11.2 Å².